The minimum atomic E-state index is 0.566. The van der Waals surface area contributed by atoms with Crippen molar-refractivity contribution in [2.45, 2.75) is 0 Å². The van der Waals surface area contributed by atoms with E-state index < -0.39 is 0 Å². The van der Waals surface area contributed by atoms with Gasteiger partial charge < -0.3 is 8.98 Å². The summed E-state index contributed by atoms with van der Waals surface area (Å²) in [6.45, 7) is 0. The molecule has 4 heterocycles. The van der Waals surface area contributed by atoms with E-state index in [2.05, 4.69) is 131 Å². The average Bonchev–Trinajstić information content (AvgIpc) is 3.84. The van der Waals surface area contributed by atoms with Gasteiger partial charge in [-0.3, -0.25) is 4.98 Å². The first kappa shape index (κ1) is 32.3. The van der Waals surface area contributed by atoms with Gasteiger partial charge in [-0.15, -0.1) is 0 Å². The zero-order valence-corrected chi connectivity index (χ0v) is 31.0. The molecule has 58 heavy (non-hydrogen) atoms. The molecule has 0 aliphatic rings. The molecule has 6 heteroatoms. The molecule has 8 aromatic carbocycles. The lowest BCUT2D eigenvalue weighted by Gasteiger charge is -2.15. The largest absolute Gasteiger partial charge is 0.454 e. The fourth-order valence-corrected chi connectivity index (χ4v) is 8.61. The van der Waals surface area contributed by atoms with Crippen LogP contribution in [-0.2, 0) is 0 Å². The molecule has 12 aromatic rings. The van der Waals surface area contributed by atoms with Crippen LogP contribution in [0.3, 0.4) is 0 Å². The van der Waals surface area contributed by atoms with E-state index in [1.165, 1.54) is 32.7 Å². The van der Waals surface area contributed by atoms with Crippen molar-refractivity contribution in [1.82, 2.24) is 24.5 Å². The van der Waals surface area contributed by atoms with Crippen LogP contribution in [0.4, 0.5) is 0 Å². The Morgan fingerprint density at radius 1 is 0.397 bits per heavy atom. The highest BCUT2D eigenvalue weighted by atomic mass is 16.3. The van der Waals surface area contributed by atoms with Crippen LogP contribution < -0.4 is 0 Å². The Morgan fingerprint density at radius 3 is 1.93 bits per heavy atom. The Labute approximate surface area is 332 Å². The van der Waals surface area contributed by atoms with E-state index in [9.17, 15) is 0 Å². The van der Waals surface area contributed by atoms with E-state index in [0.29, 0.717) is 17.5 Å². The normalized spacial score (nSPS) is 11.8. The first-order chi connectivity index (χ1) is 28.7. The number of pyridine rings is 1. The summed E-state index contributed by atoms with van der Waals surface area (Å²) in [7, 11) is 0. The van der Waals surface area contributed by atoms with Crippen molar-refractivity contribution in [3.63, 3.8) is 0 Å². The van der Waals surface area contributed by atoms with Crippen molar-refractivity contribution in [3.8, 4) is 51.0 Å². The van der Waals surface area contributed by atoms with Gasteiger partial charge in [-0.05, 0) is 81.9 Å². The third-order valence-electron chi connectivity index (χ3n) is 11.3. The Kier molecular flexibility index (Phi) is 7.13. The predicted molar refractivity (Wildman–Crippen MR) is 236 cm³/mol. The van der Waals surface area contributed by atoms with Gasteiger partial charge in [-0.25, -0.2) is 15.0 Å². The van der Waals surface area contributed by atoms with Crippen LogP contribution in [0.1, 0.15) is 0 Å². The minimum Gasteiger partial charge on any atom is -0.454 e. The smallest absolute Gasteiger partial charge is 0.164 e. The van der Waals surface area contributed by atoms with Crippen LogP contribution in [0, 0.1) is 0 Å². The van der Waals surface area contributed by atoms with Crippen LogP contribution in [0.25, 0.3) is 116 Å². The van der Waals surface area contributed by atoms with E-state index >= 15 is 0 Å². The number of hydrogen-bond acceptors (Lipinski definition) is 5. The second-order valence-corrected chi connectivity index (χ2v) is 14.6. The fraction of sp³-hybridized carbons (Fsp3) is 0. The fourth-order valence-electron chi connectivity index (χ4n) is 8.61. The molecule has 0 amide bonds. The van der Waals surface area contributed by atoms with Gasteiger partial charge in [0.15, 0.2) is 23.1 Å². The number of aromatic nitrogens is 5. The second kappa shape index (κ2) is 12.8. The van der Waals surface area contributed by atoms with E-state index in [1.807, 2.05) is 60.7 Å². The van der Waals surface area contributed by atoms with Crippen LogP contribution in [-0.4, -0.2) is 24.5 Å². The number of hydrogen-bond donors (Lipinski definition) is 0. The minimum absolute atomic E-state index is 0.566. The topological polar surface area (TPSA) is 69.6 Å². The summed E-state index contributed by atoms with van der Waals surface area (Å²) in [4.78, 5) is 19.9. The Balaban J connectivity index is 1.08. The SMILES string of the molecule is c1ccc(-c2ccc3c(c2)c2c4ccccc4ccc2n3-c2ccc(-c3nc(-c4ccccc4)nc(-c4ccc5c(c4)oc4cccnc45)n3)c3ccccc23)cc1. The maximum Gasteiger partial charge on any atom is 0.164 e. The first-order valence-corrected chi connectivity index (χ1v) is 19.4. The maximum absolute atomic E-state index is 6.23. The molecule has 0 unspecified atom stereocenters. The lowest BCUT2D eigenvalue weighted by atomic mass is 10.0. The molecule has 0 saturated carbocycles. The average molecular weight is 742 g/mol. The van der Waals surface area contributed by atoms with Gasteiger partial charge in [-0.1, -0.05) is 127 Å². The summed E-state index contributed by atoms with van der Waals surface area (Å²) in [6.07, 6.45) is 1.79. The molecule has 0 radical (unpaired) electrons. The molecular formula is C52H31N5O. The van der Waals surface area contributed by atoms with Crippen LogP contribution in [0.15, 0.2) is 193 Å². The number of rotatable bonds is 5. The molecule has 0 N–H and O–H groups in total. The Morgan fingerprint density at radius 2 is 1.09 bits per heavy atom. The molecule has 0 fully saturated rings. The monoisotopic (exact) mass is 741 g/mol. The second-order valence-electron chi connectivity index (χ2n) is 14.6. The van der Waals surface area contributed by atoms with E-state index in [4.69, 9.17) is 19.4 Å². The molecule has 0 bridgehead atoms. The summed E-state index contributed by atoms with van der Waals surface area (Å²) in [6, 6.07) is 63.6. The standard InChI is InChI=1S/C52H31N5O/c1-3-12-32(13-4-1)35-23-26-44-42(30-35)48-37-17-8-7-14-33(37)22-27-45(48)57(44)43-28-25-40(38-18-9-10-19-39(38)43)52-55-50(34-15-5-2-6-16-34)54-51(56-52)36-21-24-41-47(31-36)58-46-20-11-29-53-49(41)46/h1-31H. The van der Waals surface area contributed by atoms with E-state index in [0.717, 1.165) is 66.3 Å². The molecule has 12 rings (SSSR count). The highest BCUT2D eigenvalue weighted by molar-refractivity contribution is 6.22. The Hall–Kier alpha value is -7.96. The van der Waals surface area contributed by atoms with Gasteiger partial charge >= 0.3 is 0 Å². The van der Waals surface area contributed by atoms with Crippen LogP contribution in [0.2, 0.25) is 0 Å². The summed E-state index contributed by atoms with van der Waals surface area (Å²) in [5, 5.41) is 8.01. The van der Waals surface area contributed by atoms with Crippen molar-refractivity contribution in [2.75, 3.05) is 0 Å². The number of fused-ring (bicyclic) bond motifs is 9. The number of furan rings is 1. The van der Waals surface area contributed by atoms with Gasteiger partial charge in [0.2, 0.25) is 0 Å². The zero-order chi connectivity index (χ0) is 38.2. The molecule has 0 aliphatic heterocycles. The predicted octanol–water partition coefficient (Wildman–Crippen LogP) is 13.2. The molecule has 270 valence electrons. The Bertz CT molecular complexity index is 3570. The molecule has 6 nitrogen and oxygen atoms in total. The lowest BCUT2D eigenvalue weighted by molar-refractivity contribution is 0.668. The van der Waals surface area contributed by atoms with Gasteiger partial charge in [0.05, 0.1) is 16.7 Å². The summed E-state index contributed by atoms with van der Waals surface area (Å²) in [5.41, 5.74) is 10.8. The maximum atomic E-state index is 6.23. The van der Waals surface area contributed by atoms with Gasteiger partial charge in [-0.2, -0.15) is 0 Å². The van der Waals surface area contributed by atoms with E-state index in [1.54, 1.807) is 6.20 Å². The zero-order valence-electron chi connectivity index (χ0n) is 31.0. The van der Waals surface area contributed by atoms with Crippen molar-refractivity contribution in [3.05, 3.63) is 188 Å². The highest BCUT2D eigenvalue weighted by Crippen LogP contribution is 2.42. The van der Waals surface area contributed by atoms with Gasteiger partial charge in [0, 0.05) is 44.4 Å². The molecule has 0 aliphatic carbocycles. The molecule has 0 spiro atoms. The van der Waals surface area contributed by atoms with Crippen molar-refractivity contribution in [2.24, 2.45) is 0 Å². The van der Waals surface area contributed by atoms with Crippen molar-refractivity contribution >= 4 is 65.4 Å². The number of benzene rings is 8. The van der Waals surface area contributed by atoms with Crippen LogP contribution in [0.5, 0.6) is 0 Å². The van der Waals surface area contributed by atoms with Gasteiger partial charge in [0.25, 0.3) is 0 Å². The summed E-state index contributed by atoms with van der Waals surface area (Å²) >= 11 is 0. The third kappa shape index (κ3) is 5.05. The molecule has 0 atom stereocenters. The van der Waals surface area contributed by atoms with Crippen LogP contribution >= 0.6 is 0 Å². The molecule has 0 saturated heterocycles. The quantitative estimate of drug-likeness (QED) is 0.176. The molecule has 4 aromatic heterocycles. The third-order valence-corrected chi connectivity index (χ3v) is 11.3. The number of nitrogens with zero attached hydrogens (tertiary/aromatic N) is 5. The first-order valence-electron chi connectivity index (χ1n) is 19.4. The highest BCUT2D eigenvalue weighted by Gasteiger charge is 2.21. The summed E-state index contributed by atoms with van der Waals surface area (Å²) < 4.78 is 8.65. The van der Waals surface area contributed by atoms with Crippen molar-refractivity contribution < 1.29 is 4.42 Å². The van der Waals surface area contributed by atoms with Gasteiger partial charge in [0.1, 0.15) is 11.1 Å². The lowest BCUT2D eigenvalue weighted by Crippen LogP contribution is -2.01. The molecular weight excluding hydrogens is 711 g/mol. The van der Waals surface area contributed by atoms with Crippen molar-refractivity contribution in [1.29, 1.82) is 0 Å². The van der Waals surface area contributed by atoms with E-state index in [-0.39, 0.29) is 0 Å². The summed E-state index contributed by atoms with van der Waals surface area (Å²) in [5.74, 6) is 1.76.